The molecule has 3 heteroatoms. The second-order valence-electron chi connectivity index (χ2n) is 3.92. The van der Waals surface area contributed by atoms with Gasteiger partial charge in [0.2, 0.25) is 0 Å². The lowest BCUT2D eigenvalue weighted by Gasteiger charge is -2.23. The van der Waals surface area contributed by atoms with Crippen molar-refractivity contribution in [2.24, 2.45) is 0 Å². The predicted octanol–water partition coefficient (Wildman–Crippen LogP) is 1.73. The molecule has 1 atom stereocenters. The summed E-state index contributed by atoms with van der Waals surface area (Å²) in [6.07, 6.45) is 2.36. The molecule has 0 aromatic heterocycles. The summed E-state index contributed by atoms with van der Waals surface area (Å²) in [4.78, 5) is 2.45. The van der Waals surface area contributed by atoms with Crippen LogP contribution in [0.15, 0.2) is 0 Å². The highest BCUT2D eigenvalue weighted by Crippen LogP contribution is 1.97. The van der Waals surface area contributed by atoms with E-state index in [9.17, 15) is 0 Å². The average molecular weight is 216 g/mol. The molecule has 0 radical (unpaired) electrons. The normalized spacial score (nSPS) is 13.4. The Morgan fingerprint density at radius 1 is 1.20 bits per heavy atom. The van der Waals surface area contributed by atoms with E-state index >= 15 is 0 Å². The summed E-state index contributed by atoms with van der Waals surface area (Å²) >= 11 is 0. The Hall–Kier alpha value is -0.120. The predicted molar refractivity (Wildman–Crippen MR) is 66.4 cm³/mol. The van der Waals surface area contributed by atoms with Crippen LogP contribution in [-0.2, 0) is 4.74 Å². The lowest BCUT2D eigenvalue weighted by atomic mass is 10.2. The molecule has 0 saturated carbocycles. The molecule has 0 aromatic rings. The number of hydrogen-bond acceptors (Lipinski definition) is 3. The van der Waals surface area contributed by atoms with Crippen molar-refractivity contribution in [3.8, 4) is 0 Å². The first-order chi connectivity index (χ1) is 7.28. The molecule has 3 nitrogen and oxygen atoms in total. The number of ether oxygens (including phenoxy) is 1. The molecular formula is C12H28N2O. The van der Waals surface area contributed by atoms with Gasteiger partial charge in [-0.2, -0.15) is 0 Å². The summed E-state index contributed by atoms with van der Waals surface area (Å²) < 4.78 is 5.22. The monoisotopic (exact) mass is 216 g/mol. The fraction of sp³-hybridized carbons (Fsp3) is 1.00. The Labute approximate surface area is 95.2 Å². The molecule has 0 aliphatic heterocycles. The van der Waals surface area contributed by atoms with E-state index in [1.54, 1.807) is 7.11 Å². The van der Waals surface area contributed by atoms with Gasteiger partial charge in [0.05, 0.1) is 6.61 Å². The summed E-state index contributed by atoms with van der Waals surface area (Å²) in [6, 6.07) is 0.510. The van der Waals surface area contributed by atoms with Crippen LogP contribution in [0.3, 0.4) is 0 Å². The number of nitrogens with one attached hydrogen (secondary N) is 1. The van der Waals surface area contributed by atoms with Crippen molar-refractivity contribution in [1.29, 1.82) is 0 Å². The number of methoxy groups -OCH3 is 1. The van der Waals surface area contributed by atoms with E-state index in [0.29, 0.717) is 6.04 Å². The van der Waals surface area contributed by atoms with Gasteiger partial charge in [-0.1, -0.05) is 20.8 Å². The van der Waals surface area contributed by atoms with E-state index < -0.39 is 0 Å². The molecule has 0 saturated heterocycles. The third-order valence-electron chi connectivity index (χ3n) is 2.74. The van der Waals surface area contributed by atoms with Gasteiger partial charge >= 0.3 is 0 Å². The Bertz CT molecular complexity index is 127. The van der Waals surface area contributed by atoms with E-state index in [1.807, 2.05) is 0 Å². The second kappa shape index (κ2) is 10.4. The van der Waals surface area contributed by atoms with E-state index in [-0.39, 0.29) is 0 Å². The van der Waals surface area contributed by atoms with Gasteiger partial charge in [0, 0.05) is 13.2 Å². The van der Waals surface area contributed by atoms with Crippen LogP contribution in [0.4, 0.5) is 0 Å². The lowest BCUT2D eigenvalue weighted by molar-refractivity contribution is 0.154. The zero-order chi connectivity index (χ0) is 11.5. The van der Waals surface area contributed by atoms with Crippen molar-refractivity contribution in [3.05, 3.63) is 0 Å². The standard InChI is InChI=1S/C12H28N2O/c1-5-9-13-12(11-15-4)8-10-14(6-2)7-3/h12-13H,5-11H2,1-4H3. The van der Waals surface area contributed by atoms with Crippen molar-refractivity contribution in [2.75, 3.05) is 39.9 Å². The van der Waals surface area contributed by atoms with Gasteiger partial charge < -0.3 is 15.0 Å². The quantitative estimate of drug-likeness (QED) is 0.602. The van der Waals surface area contributed by atoms with Crippen molar-refractivity contribution in [3.63, 3.8) is 0 Å². The summed E-state index contributed by atoms with van der Waals surface area (Å²) in [5.41, 5.74) is 0. The van der Waals surface area contributed by atoms with Crippen LogP contribution in [-0.4, -0.2) is 50.8 Å². The molecule has 15 heavy (non-hydrogen) atoms. The van der Waals surface area contributed by atoms with Crippen molar-refractivity contribution >= 4 is 0 Å². The van der Waals surface area contributed by atoms with Crippen LogP contribution in [0, 0.1) is 0 Å². The van der Waals surface area contributed by atoms with Crippen LogP contribution in [0.5, 0.6) is 0 Å². The van der Waals surface area contributed by atoms with Gasteiger partial charge in [-0.25, -0.2) is 0 Å². The SMILES string of the molecule is CCCNC(CCN(CC)CC)COC. The smallest absolute Gasteiger partial charge is 0.0616 e. The Kier molecular flexibility index (Phi) is 10.3. The average Bonchev–Trinajstić information content (AvgIpc) is 2.27. The van der Waals surface area contributed by atoms with Crippen LogP contribution in [0.25, 0.3) is 0 Å². The molecule has 1 N–H and O–H groups in total. The third-order valence-corrected chi connectivity index (χ3v) is 2.74. The molecule has 1 unspecified atom stereocenters. The fourth-order valence-electron chi connectivity index (χ4n) is 1.67. The second-order valence-corrected chi connectivity index (χ2v) is 3.92. The molecule has 0 spiro atoms. The van der Waals surface area contributed by atoms with Crippen molar-refractivity contribution in [1.82, 2.24) is 10.2 Å². The topological polar surface area (TPSA) is 24.5 Å². The first-order valence-electron chi connectivity index (χ1n) is 6.23. The van der Waals surface area contributed by atoms with Gasteiger partial charge in [-0.3, -0.25) is 0 Å². The molecule has 0 heterocycles. The molecule has 0 bridgehead atoms. The maximum Gasteiger partial charge on any atom is 0.0616 e. The fourth-order valence-corrected chi connectivity index (χ4v) is 1.67. The summed E-state index contributed by atoms with van der Waals surface area (Å²) in [6.45, 7) is 12.0. The molecule has 0 amide bonds. The van der Waals surface area contributed by atoms with E-state index in [1.165, 1.54) is 12.8 Å². The Balaban J connectivity index is 3.72. The van der Waals surface area contributed by atoms with Crippen molar-refractivity contribution in [2.45, 2.75) is 39.7 Å². The minimum absolute atomic E-state index is 0.510. The Morgan fingerprint density at radius 3 is 2.33 bits per heavy atom. The minimum atomic E-state index is 0.510. The van der Waals surface area contributed by atoms with Crippen LogP contribution >= 0.6 is 0 Å². The molecule has 0 aliphatic rings. The van der Waals surface area contributed by atoms with Gasteiger partial charge in [-0.05, 0) is 39.0 Å². The zero-order valence-electron chi connectivity index (χ0n) is 10.9. The van der Waals surface area contributed by atoms with Gasteiger partial charge in [0.25, 0.3) is 0 Å². The Morgan fingerprint density at radius 2 is 1.87 bits per heavy atom. The number of nitrogens with zero attached hydrogens (tertiary/aromatic N) is 1. The highest BCUT2D eigenvalue weighted by molar-refractivity contribution is 4.68. The summed E-state index contributed by atoms with van der Waals surface area (Å²) in [5, 5.41) is 3.52. The van der Waals surface area contributed by atoms with E-state index in [0.717, 1.165) is 32.8 Å². The summed E-state index contributed by atoms with van der Waals surface area (Å²) in [7, 11) is 1.78. The zero-order valence-corrected chi connectivity index (χ0v) is 10.9. The largest absolute Gasteiger partial charge is 0.383 e. The van der Waals surface area contributed by atoms with Gasteiger partial charge in [0.1, 0.15) is 0 Å². The maximum atomic E-state index is 5.22. The molecule has 0 fully saturated rings. The van der Waals surface area contributed by atoms with Gasteiger partial charge in [0.15, 0.2) is 0 Å². The first-order valence-corrected chi connectivity index (χ1v) is 6.23. The first kappa shape index (κ1) is 14.9. The molecule has 0 rings (SSSR count). The molecule has 92 valence electrons. The van der Waals surface area contributed by atoms with Crippen LogP contribution in [0.1, 0.15) is 33.6 Å². The minimum Gasteiger partial charge on any atom is -0.383 e. The third kappa shape index (κ3) is 7.77. The highest BCUT2D eigenvalue weighted by Gasteiger charge is 2.08. The highest BCUT2D eigenvalue weighted by atomic mass is 16.5. The molecular weight excluding hydrogens is 188 g/mol. The molecule has 0 aromatic carbocycles. The number of rotatable bonds is 10. The summed E-state index contributed by atoms with van der Waals surface area (Å²) in [5.74, 6) is 0. The van der Waals surface area contributed by atoms with E-state index in [4.69, 9.17) is 4.74 Å². The van der Waals surface area contributed by atoms with Crippen LogP contribution < -0.4 is 5.32 Å². The van der Waals surface area contributed by atoms with Crippen LogP contribution in [0.2, 0.25) is 0 Å². The maximum absolute atomic E-state index is 5.22. The molecule has 0 aliphatic carbocycles. The van der Waals surface area contributed by atoms with Gasteiger partial charge in [-0.15, -0.1) is 0 Å². The van der Waals surface area contributed by atoms with Crippen molar-refractivity contribution < 1.29 is 4.74 Å². The lowest BCUT2D eigenvalue weighted by Crippen LogP contribution is -2.37. The number of hydrogen-bond donors (Lipinski definition) is 1. The van der Waals surface area contributed by atoms with E-state index in [2.05, 4.69) is 31.0 Å².